The Morgan fingerprint density at radius 3 is 2.63 bits per heavy atom. The average Bonchev–Trinajstić information content (AvgIpc) is 3.76. The standard InChI is InChI=1S/C30H30N10O/c1-2-27(41)38-16-11-20(12-17-38)35-24-8-5-19-18-21(6-7-22(19)24)39-29(23-4-3-13-32-28(23)31)36-25-9-10-26(37-30(25)39)40-33-14-15-34-40/h2-4,6-7,9-10,13-15,18,20,24,35H,1,5,8,11-12,16-17H2,(H2,31,32)/t24-/m0/s1. The fourth-order valence-electron chi connectivity index (χ4n) is 6.02. The van der Waals surface area contributed by atoms with Gasteiger partial charge < -0.3 is 16.0 Å². The van der Waals surface area contributed by atoms with E-state index in [1.165, 1.54) is 22.0 Å². The normalized spacial score (nSPS) is 17.2. The maximum Gasteiger partial charge on any atom is 0.245 e. The topological polar surface area (TPSA) is 133 Å². The number of nitrogens with one attached hydrogen (secondary N) is 1. The van der Waals surface area contributed by atoms with Crippen molar-refractivity contribution in [1.29, 1.82) is 0 Å². The van der Waals surface area contributed by atoms with Gasteiger partial charge in [-0.25, -0.2) is 15.0 Å². The first-order valence-corrected chi connectivity index (χ1v) is 13.9. The van der Waals surface area contributed by atoms with Gasteiger partial charge in [-0.2, -0.15) is 10.2 Å². The number of carbonyl (C=O) groups is 1. The molecular weight excluding hydrogens is 516 g/mol. The Kier molecular flexibility index (Phi) is 6.27. The Balaban J connectivity index is 1.24. The number of rotatable bonds is 6. The molecule has 0 radical (unpaired) electrons. The number of amides is 1. The molecule has 5 heterocycles. The van der Waals surface area contributed by atoms with Gasteiger partial charge in [0.15, 0.2) is 17.3 Å². The second-order valence-corrected chi connectivity index (χ2v) is 10.5. The summed E-state index contributed by atoms with van der Waals surface area (Å²) in [4.78, 5) is 29.5. The van der Waals surface area contributed by atoms with Gasteiger partial charge in [-0.1, -0.05) is 12.6 Å². The van der Waals surface area contributed by atoms with Gasteiger partial charge in [0.25, 0.3) is 0 Å². The number of piperidine rings is 1. The molecule has 5 aromatic rings. The third kappa shape index (κ3) is 4.53. The molecule has 1 aromatic carbocycles. The van der Waals surface area contributed by atoms with Crippen molar-refractivity contribution >= 4 is 22.9 Å². The van der Waals surface area contributed by atoms with Gasteiger partial charge in [-0.15, -0.1) is 4.80 Å². The number of hydrogen-bond donors (Lipinski definition) is 2. The van der Waals surface area contributed by atoms with Crippen LogP contribution in [0.1, 0.15) is 36.4 Å². The molecule has 0 spiro atoms. The van der Waals surface area contributed by atoms with Crippen LogP contribution in [0, 0.1) is 0 Å². The number of fused-ring (bicyclic) bond motifs is 2. The lowest BCUT2D eigenvalue weighted by Gasteiger charge is -2.33. The summed E-state index contributed by atoms with van der Waals surface area (Å²) in [5.74, 6) is 1.70. The van der Waals surface area contributed by atoms with Crippen LogP contribution in [-0.2, 0) is 11.2 Å². The number of anilines is 1. The minimum Gasteiger partial charge on any atom is -0.383 e. The fraction of sp³-hybridized carbons (Fsp3) is 0.267. The van der Waals surface area contributed by atoms with Crippen LogP contribution in [0.15, 0.2) is 73.7 Å². The van der Waals surface area contributed by atoms with Gasteiger partial charge in [-0.05, 0) is 79.3 Å². The van der Waals surface area contributed by atoms with Crippen molar-refractivity contribution in [2.75, 3.05) is 18.8 Å². The van der Waals surface area contributed by atoms with E-state index in [9.17, 15) is 4.79 Å². The smallest absolute Gasteiger partial charge is 0.245 e. The van der Waals surface area contributed by atoms with Gasteiger partial charge in [0.05, 0.1) is 18.0 Å². The van der Waals surface area contributed by atoms with Crippen LogP contribution in [-0.4, -0.2) is 64.5 Å². The van der Waals surface area contributed by atoms with Gasteiger partial charge in [0.1, 0.15) is 11.3 Å². The Hall–Kier alpha value is -4.90. The van der Waals surface area contributed by atoms with Gasteiger partial charge >= 0.3 is 0 Å². The van der Waals surface area contributed by atoms with E-state index >= 15 is 0 Å². The second-order valence-electron chi connectivity index (χ2n) is 10.5. The van der Waals surface area contributed by atoms with Gasteiger partial charge in [0, 0.05) is 37.1 Å². The molecule has 11 heteroatoms. The molecule has 11 nitrogen and oxygen atoms in total. The number of benzene rings is 1. The first-order chi connectivity index (χ1) is 20.1. The van der Waals surface area contributed by atoms with Crippen molar-refractivity contribution in [3.63, 3.8) is 0 Å². The molecular formula is C30H30N10O. The molecule has 3 N–H and O–H groups in total. The Morgan fingerprint density at radius 2 is 1.85 bits per heavy atom. The molecule has 7 rings (SSSR count). The molecule has 1 atom stereocenters. The lowest BCUT2D eigenvalue weighted by molar-refractivity contribution is -0.127. The minimum absolute atomic E-state index is 0.0177. The van der Waals surface area contributed by atoms with E-state index in [1.807, 2.05) is 33.7 Å². The number of carbonyl (C=O) groups excluding carboxylic acids is 1. The number of pyridine rings is 2. The lowest BCUT2D eigenvalue weighted by Crippen LogP contribution is -2.45. The monoisotopic (exact) mass is 546 g/mol. The highest BCUT2D eigenvalue weighted by Gasteiger charge is 2.29. The van der Waals surface area contributed by atoms with E-state index in [0.29, 0.717) is 29.1 Å². The highest BCUT2D eigenvalue weighted by molar-refractivity contribution is 5.87. The fourth-order valence-corrected chi connectivity index (χ4v) is 6.02. The van der Waals surface area contributed by atoms with Crippen LogP contribution in [0.25, 0.3) is 34.1 Å². The third-order valence-electron chi connectivity index (χ3n) is 8.07. The minimum atomic E-state index is 0.0177. The van der Waals surface area contributed by atoms with E-state index in [4.69, 9.17) is 15.7 Å². The van der Waals surface area contributed by atoms with Gasteiger partial charge in [-0.3, -0.25) is 9.36 Å². The number of nitrogen functional groups attached to an aromatic ring is 1. The summed E-state index contributed by atoms with van der Waals surface area (Å²) in [7, 11) is 0. The predicted octanol–water partition coefficient (Wildman–Crippen LogP) is 3.40. The summed E-state index contributed by atoms with van der Waals surface area (Å²) in [5, 5.41) is 12.4. The van der Waals surface area contributed by atoms with E-state index in [0.717, 1.165) is 55.5 Å². The lowest BCUT2D eigenvalue weighted by atomic mass is 10.0. The van der Waals surface area contributed by atoms with E-state index in [2.05, 4.69) is 45.3 Å². The van der Waals surface area contributed by atoms with Crippen molar-refractivity contribution in [3.8, 4) is 22.9 Å². The number of likely N-dealkylation sites (tertiary alicyclic amines) is 1. The van der Waals surface area contributed by atoms with Crippen molar-refractivity contribution in [3.05, 3.63) is 84.8 Å². The predicted molar refractivity (Wildman–Crippen MR) is 155 cm³/mol. The maximum absolute atomic E-state index is 12.0. The number of hydrogen-bond acceptors (Lipinski definition) is 8. The molecule has 1 aliphatic carbocycles. The highest BCUT2D eigenvalue weighted by Crippen LogP contribution is 2.36. The molecule has 0 bridgehead atoms. The first kappa shape index (κ1) is 25.1. The van der Waals surface area contributed by atoms with Crippen LogP contribution < -0.4 is 11.1 Å². The van der Waals surface area contributed by atoms with Gasteiger partial charge in [0.2, 0.25) is 5.91 Å². The SMILES string of the molecule is C=CC(=O)N1CCC(N[C@H]2CCc3cc(-n4c(-c5cccnc5N)nc5ccc(-n6nccn6)nc54)ccc32)CC1. The Morgan fingerprint density at radius 1 is 1.02 bits per heavy atom. The number of nitrogens with zero attached hydrogens (tertiary/aromatic N) is 8. The third-order valence-corrected chi connectivity index (χ3v) is 8.07. The summed E-state index contributed by atoms with van der Waals surface area (Å²) in [6.07, 6.45) is 10.2. The van der Waals surface area contributed by atoms with Crippen molar-refractivity contribution < 1.29 is 4.79 Å². The molecule has 41 heavy (non-hydrogen) atoms. The zero-order valence-electron chi connectivity index (χ0n) is 22.5. The van der Waals surface area contributed by atoms with Crippen molar-refractivity contribution in [2.45, 2.75) is 37.8 Å². The van der Waals surface area contributed by atoms with E-state index in [1.54, 1.807) is 18.6 Å². The van der Waals surface area contributed by atoms with Crippen LogP contribution in [0.5, 0.6) is 0 Å². The number of aromatic nitrogens is 7. The summed E-state index contributed by atoms with van der Waals surface area (Å²) < 4.78 is 2.04. The summed E-state index contributed by atoms with van der Waals surface area (Å²) in [6.45, 7) is 5.14. The van der Waals surface area contributed by atoms with Crippen LogP contribution >= 0.6 is 0 Å². The summed E-state index contributed by atoms with van der Waals surface area (Å²) in [5.41, 5.74) is 12.1. The van der Waals surface area contributed by atoms with E-state index in [-0.39, 0.29) is 11.9 Å². The summed E-state index contributed by atoms with van der Waals surface area (Å²) >= 11 is 0. The number of imidazole rings is 1. The number of aryl methyl sites for hydroxylation is 1. The largest absolute Gasteiger partial charge is 0.383 e. The molecule has 206 valence electrons. The van der Waals surface area contributed by atoms with Crippen LogP contribution in [0.4, 0.5) is 5.82 Å². The molecule has 2 aliphatic rings. The van der Waals surface area contributed by atoms with E-state index < -0.39 is 0 Å². The maximum atomic E-state index is 12.0. The quantitative estimate of drug-likeness (QED) is 0.310. The van der Waals surface area contributed by atoms with Crippen molar-refractivity contribution in [1.82, 2.24) is 44.7 Å². The molecule has 4 aromatic heterocycles. The Labute approximate surface area is 236 Å². The first-order valence-electron chi connectivity index (χ1n) is 13.9. The molecule has 1 fully saturated rings. The molecule has 1 amide bonds. The zero-order chi connectivity index (χ0) is 27.9. The van der Waals surface area contributed by atoms with Crippen LogP contribution in [0.3, 0.4) is 0 Å². The zero-order valence-corrected chi connectivity index (χ0v) is 22.5. The summed E-state index contributed by atoms with van der Waals surface area (Å²) in [6, 6.07) is 14.8. The molecule has 1 aliphatic heterocycles. The second kappa shape index (κ2) is 10.3. The molecule has 0 saturated carbocycles. The average molecular weight is 547 g/mol. The Bertz CT molecular complexity index is 1750. The highest BCUT2D eigenvalue weighted by atomic mass is 16.2. The molecule has 0 unspecified atom stereocenters. The van der Waals surface area contributed by atoms with Crippen molar-refractivity contribution in [2.24, 2.45) is 0 Å². The van der Waals surface area contributed by atoms with Crippen LogP contribution in [0.2, 0.25) is 0 Å². The molecule has 1 saturated heterocycles. The number of nitrogens with two attached hydrogens (primary N) is 1.